The Kier molecular flexibility index (Phi) is 7.63. The number of rotatable bonds is 9. The molecule has 0 unspecified atom stereocenters. The van der Waals surface area contributed by atoms with Crippen LogP contribution in [0.25, 0.3) is 10.9 Å². The van der Waals surface area contributed by atoms with E-state index < -0.39 is 10.8 Å². The van der Waals surface area contributed by atoms with Gasteiger partial charge in [-0.3, -0.25) is 19.9 Å². The molecule has 0 aliphatic rings. The maximum Gasteiger partial charge on any atom is 0.277 e. The summed E-state index contributed by atoms with van der Waals surface area (Å²) in [5.74, 6) is 0.560. The summed E-state index contributed by atoms with van der Waals surface area (Å²) in [5.41, 5.74) is 4.35. The zero-order chi connectivity index (χ0) is 24.6. The topological polar surface area (TPSA) is 116 Å². The molecule has 176 valence electrons. The third-order valence-corrected chi connectivity index (χ3v) is 5.33. The van der Waals surface area contributed by atoms with Gasteiger partial charge in [0.05, 0.1) is 11.1 Å². The molecule has 1 aromatic heterocycles. The lowest BCUT2D eigenvalue weighted by atomic mass is 10.2. The summed E-state index contributed by atoms with van der Waals surface area (Å²) < 4.78 is 12.2. The van der Waals surface area contributed by atoms with Crippen LogP contribution in [-0.2, 0) is 11.4 Å². The molecule has 0 spiro atoms. The van der Waals surface area contributed by atoms with Gasteiger partial charge in [0.2, 0.25) is 0 Å². The van der Waals surface area contributed by atoms with E-state index in [4.69, 9.17) is 9.47 Å². The van der Waals surface area contributed by atoms with E-state index in [1.165, 1.54) is 18.3 Å². The average Bonchev–Trinajstić information content (AvgIpc) is 2.87. The number of carbonyl (C=O) groups is 1. The number of nitro benzene ring substituents is 1. The zero-order valence-corrected chi connectivity index (χ0v) is 19.8. The Hall–Kier alpha value is -4.31. The lowest BCUT2D eigenvalue weighted by Gasteiger charge is -2.10. The minimum absolute atomic E-state index is 0.00657. The van der Waals surface area contributed by atoms with Gasteiger partial charge in [-0.25, -0.2) is 5.43 Å². The third-order valence-electron chi connectivity index (χ3n) is 4.83. The first-order chi connectivity index (χ1) is 17.0. The maximum absolute atomic E-state index is 12.2. The number of hydrogen-bond donors (Lipinski definition) is 1. The van der Waals surface area contributed by atoms with Gasteiger partial charge in [-0.1, -0.05) is 46.3 Å². The number of non-ortho nitro benzene ring substituents is 1. The number of hydrazone groups is 1. The number of nitrogens with zero attached hydrogens (tertiary/aromatic N) is 3. The summed E-state index contributed by atoms with van der Waals surface area (Å²) in [5, 5.41) is 15.9. The van der Waals surface area contributed by atoms with Crippen molar-refractivity contribution in [1.82, 2.24) is 10.4 Å². The van der Waals surface area contributed by atoms with Crippen molar-refractivity contribution < 1.29 is 19.2 Å². The summed E-state index contributed by atoms with van der Waals surface area (Å²) in [6, 6.07) is 20.8. The molecule has 3 aromatic carbocycles. The van der Waals surface area contributed by atoms with Gasteiger partial charge >= 0.3 is 0 Å². The second-order valence-corrected chi connectivity index (χ2v) is 8.23. The van der Waals surface area contributed by atoms with Gasteiger partial charge in [0, 0.05) is 33.8 Å². The van der Waals surface area contributed by atoms with Crippen LogP contribution in [0.1, 0.15) is 11.1 Å². The van der Waals surface area contributed by atoms with E-state index >= 15 is 0 Å². The molecule has 10 heteroatoms. The van der Waals surface area contributed by atoms with E-state index in [0.717, 1.165) is 9.86 Å². The molecule has 0 aliphatic heterocycles. The standard InChI is InChI=1S/C25H19BrN4O5/c26-20-9-10-22(34-15-17-4-1-7-21(12-17)30(32)33)19(13-20)14-28-29-24(31)16-35-23-8-2-5-18-6-3-11-27-25(18)23/h1-14H,15-16H2,(H,29,31)/b28-14+. The number of hydrogen-bond acceptors (Lipinski definition) is 7. The molecule has 1 N–H and O–H groups in total. The normalized spacial score (nSPS) is 10.9. The van der Waals surface area contributed by atoms with Crippen molar-refractivity contribution in [3.63, 3.8) is 0 Å². The van der Waals surface area contributed by atoms with Crippen LogP contribution < -0.4 is 14.9 Å². The Balaban J connectivity index is 1.37. The highest BCUT2D eigenvalue weighted by molar-refractivity contribution is 9.10. The summed E-state index contributed by atoms with van der Waals surface area (Å²) >= 11 is 3.40. The summed E-state index contributed by atoms with van der Waals surface area (Å²) in [6.45, 7) is -0.106. The first kappa shape index (κ1) is 23.8. The number of halogens is 1. The molecule has 4 rings (SSSR count). The fourth-order valence-corrected chi connectivity index (χ4v) is 3.59. The van der Waals surface area contributed by atoms with Crippen molar-refractivity contribution in [2.45, 2.75) is 6.61 Å². The van der Waals surface area contributed by atoms with E-state index in [1.807, 2.05) is 24.3 Å². The van der Waals surface area contributed by atoms with Crippen LogP contribution >= 0.6 is 15.9 Å². The third kappa shape index (κ3) is 6.39. The van der Waals surface area contributed by atoms with Gasteiger partial charge < -0.3 is 9.47 Å². The smallest absolute Gasteiger partial charge is 0.277 e. The largest absolute Gasteiger partial charge is 0.488 e. The van der Waals surface area contributed by atoms with Crippen LogP contribution in [0.2, 0.25) is 0 Å². The van der Waals surface area contributed by atoms with Crippen LogP contribution in [0.3, 0.4) is 0 Å². The van der Waals surface area contributed by atoms with Crippen LogP contribution in [-0.4, -0.2) is 28.6 Å². The molecule has 0 atom stereocenters. The van der Waals surface area contributed by atoms with E-state index in [9.17, 15) is 14.9 Å². The Morgan fingerprint density at radius 2 is 1.89 bits per heavy atom. The minimum Gasteiger partial charge on any atom is -0.488 e. The fraction of sp³-hybridized carbons (Fsp3) is 0.0800. The predicted octanol–water partition coefficient (Wildman–Crippen LogP) is 5.01. The van der Waals surface area contributed by atoms with Gasteiger partial charge in [-0.05, 0) is 35.9 Å². The number of pyridine rings is 1. The van der Waals surface area contributed by atoms with Gasteiger partial charge in [-0.2, -0.15) is 5.10 Å². The van der Waals surface area contributed by atoms with Crippen LogP contribution in [0, 0.1) is 10.1 Å². The number of amides is 1. The molecule has 35 heavy (non-hydrogen) atoms. The van der Waals surface area contributed by atoms with E-state index in [0.29, 0.717) is 28.1 Å². The van der Waals surface area contributed by atoms with Crippen LogP contribution in [0.15, 0.2) is 88.6 Å². The highest BCUT2D eigenvalue weighted by Gasteiger charge is 2.09. The van der Waals surface area contributed by atoms with Crippen molar-refractivity contribution in [3.8, 4) is 11.5 Å². The first-order valence-corrected chi connectivity index (χ1v) is 11.2. The predicted molar refractivity (Wildman–Crippen MR) is 135 cm³/mol. The molecule has 1 amide bonds. The maximum atomic E-state index is 12.2. The van der Waals surface area contributed by atoms with E-state index in [1.54, 1.807) is 42.6 Å². The molecular formula is C25H19BrN4O5. The molecule has 4 aromatic rings. The Morgan fingerprint density at radius 3 is 2.74 bits per heavy atom. The van der Waals surface area contributed by atoms with Crippen molar-refractivity contribution in [2.24, 2.45) is 5.10 Å². The number of ether oxygens (including phenoxy) is 2. The minimum atomic E-state index is -0.454. The number of benzene rings is 3. The number of fused-ring (bicyclic) bond motifs is 1. The van der Waals surface area contributed by atoms with Gasteiger partial charge in [-0.15, -0.1) is 0 Å². The molecule has 0 saturated carbocycles. The molecule has 0 saturated heterocycles. The lowest BCUT2D eigenvalue weighted by molar-refractivity contribution is -0.384. The molecule has 0 radical (unpaired) electrons. The van der Waals surface area contributed by atoms with Crippen molar-refractivity contribution in [2.75, 3.05) is 6.61 Å². The monoisotopic (exact) mass is 534 g/mol. The quantitative estimate of drug-likeness (QED) is 0.183. The summed E-state index contributed by atoms with van der Waals surface area (Å²) in [6.07, 6.45) is 3.11. The Labute approximate surface area is 208 Å². The summed E-state index contributed by atoms with van der Waals surface area (Å²) in [4.78, 5) is 27.0. The van der Waals surface area contributed by atoms with Crippen LogP contribution in [0.4, 0.5) is 5.69 Å². The zero-order valence-electron chi connectivity index (χ0n) is 18.3. The Morgan fingerprint density at radius 1 is 1.06 bits per heavy atom. The van der Waals surface area contributed by atoms with Crippen molar-refractivity contribution in [1.29, 1.82) is 0 Å². The lowest BCUT2D eigenvalue weighted by Crippen LogP contribution is -2.24. The molecular weight excluding hydrogens is 516 g/mol. The average molecular weight is 535 g/mol. The molecule has 9 nitrogen and oxygen atoms in total. The number of carbonyl (C=O) groups excluding carboxylic acids is 1. The summed E-state index contributed by atoms with van der Waals surface area (Å²) in [7, 11) is 0. The number of para-hydroxylation sites is 1. The molecule has 0 aliphatic carbocycles. The molecule has 0 fully saturated rings. The second-order valence-electron chi connectivity index (χ2n) is 7.31. The highest BCUT2D eigenvalue weighted by Crippen LogP contribution is 2.24. The van der Waals surface area contributed by atoms with Gasteiger partial charge in [0.25, 0.3) is 11.6 Å². The number of nitrogens with one attached hydrogen (secondary N) is 1. The second kappa shape index (κ2) is 11.2. The highest BCUT2D eigenvalue weighted by atomic mass is 79.9. The number of nitro groups is 1. The molecule has 0 bridgehead atoms. The van der Waals surface area contributed by atoms with E-state index in [-0.39, 0.29) is 18.9 Å². The number of aromatic nitrogens is 1. The molecule has 1 heterocycles. The van der Waals surface area contributed by atoms with Crippen LogP contribution in [0.5, 0.6) is 11.5 Å². The Bertz CT molecular complexity index is 1400. The fourth-order valence-electron chi connectivity index (χ4n) is 3.21. The van der Waals surface area contributed by atoms with Gasteiger partial charge in [0.1, 0.15) is 23.6 Å². The van der Waals surface area contributed by atoms with Crippen molar-refractivity contribution in [3.05, 3.63) is 105 Å². The first-order valence-electron chi connectivity index (χ1n) is 10.4. The SMILES string of the molecule is O=C(COc1cccc2cccnc12)N/N=C/c1cc(Br)ccc1OCc1cccc([N+](=O)[O-])c1. The van der Waals surface area contributed by atoms with Crippen molar-refractivity contribution >= 4 is 44.6 Å². The van der Waals surface area contributed by atoms with E-state index in [2.05, 4.69) is 31.4 Å². The van der Waals surface area contributed by atoms with Gasteiger partial charge in [0.15, 0.2) is 6.61 Å².